The predicted octanol–water partition coefficient (Wildman–Crippen LogP) is 1.67. The minimum absolute atomic E-state index is 0.0924. The molecule has 1 heterocycles. The van der Waals surface area contributed by atoms with Crippen LogP contribution in [-0.4, -0.2) is 26.0 Å². The van der Waals surface area contributed by atoms with E-state index >= 15 is 0 Å². The van der Waals surface area contributed by atoms with Gasteiger partial charge in [-0.3, -0.25) is 4.79 Å². The number of carbonyl (C=O) groups is 1. The van der Waals surface area contributed by atoms with Gasteiger partial charge in [-0.1, -0.05) is 11.6 Å². The topological polar surface area (TPSA) is 41.1 Å². The number of nitrogens with one attached hydrogen (secondary N) is 2. The zero-order valence-corrected chi connectivity index (χ0v) is 10.3. The molecule has 0 bridgehead atoms. The number of thiophene rings is 1. The molecule has 1 aromatic rings. The first-order valence-corrected chi connectivity index (χ1v) is 6.12. The highest BCUT2D eigenvalue weighted by molar-refractivity contribution is 7.10. The van der Waals surface area contributed by atoms with Gasteiger partial charge in [0.25, 0.3) is 0 Å². The van der Waals surface area contributed by atoms with Crippen LogP contribution in [0.2, 0.25) is 5.02 Å². The van der Waals surface area contributed by atoms with E-state index in [2.05, 4.69) is 10.6 Å². The molecule has 0 radical (unpaired) electrons. The largest absolute Gasteiger partial charge is 0.355 e. The van der Waals surface area contributed by atoms with Crippen LogP contribution in [0.4, 0.5) is 0 Å². The van der Waals surface area contributed by atoms with Gasteiger partial charge in [0.2, 0.25) is 5.91 Å². The van der Waals surface area contributed by atoms with Crippen molar-refractivity contribution in [3.63, 3.8) is 0 Å². The number of hydrogen-bond acceptors (Lipinski definition) is 3. The fraction of sp³-hybridized carbons (Fsp3) is 0.500. The van der Waals surface area contributed by atoms with Gasteiger partial charge in [0.1, 0.15) is 0 Å². The van der Waals surface area contributed by atoms with Crippen LogP contribution in [0.3, 0.4) is 0 Å². The minimum atomic E-state index is 0.0924. The number of rotatable bonds is 6. The molecular weight excluding hydrogens is 232 g/mol. The zero-order valence-electron chi connectivity index (χ0n) is 8.68. The number of halogens is 1. The van der Waals surface area contributed by atoms with Gasteiger partial charge >= 0.3 is 0 Å². The summed E-state index contributed by atoms with van der Waals surface area (Å²) in [5.41, 5.74) is 0. The molecule has 0 aliphatic carbocycles. The molecule has 5 heteroatoms. The summed E-state index contributed by atoms with van der Waals surface area (Å²) in [4.78, 5) is 12.5. The third-order valence-electron chi connectivity index (χ3n) is 1.92. The van der Waals surface area contributed by atoms with Gasteiger partial charge < -0.3 is 10.6 Å². The highest BCUT2D eigenvalue weighted by atomic mass is 35.5. The molecule has 0 aromatic carbocycles. The van der Waals surface area contributed by atoms with Crippen molar-refractivity contribution in [3.8, 4) is 0 Å². The standard InChI is InChI=1S/C10H15ClN2OS/c1-12-4-5-13-10(14)3-2-9-6-8(11)7-15-9/h6-7,12H,2-5H2,1H3,(H,13,14). The highest BCUT2D eigenvalue weighted by Gasteiger charge is 2.03. The van der Waals surface area contributed by atoms with Crippen molar-refractivity contribution in [2.24, 2.45) is 0 Å². The molecule has 1 amide bonds. The SMILES string of the molecule is CNCCNC(=O)CCc1cc(Cl)cs1. The number of carbonyl (C=O) groups excluding carboxylic acids is 1. The molecule has 84 valence electrons. The molecule has 1 aromatic heterocycles. The second-order valence-electron chi connectivity index (χ2n) is 3.18. The summed E-state index contributed by atoms with van der Waals surface area (Å²) in [5.74, 6) is 0.0924. The summed E-state index contributed by atoms with van der Waals surface area (Å²) in [6.45, 7) is 1.48. The first kappa shape index (κ1) is 12.5. The maximum Gasteiger partial charge on any atom is 0.220 e. The van der Waals surface area contributed by atoms with Crippen LogP contribution in [0.1, 0.15) is 11.3 Å². The third kappa shape index (κ3) is 5.16. The van der Waals surface area contributed by atoms with Gasteiger partial charge in [-0.2, -0.15) is 0 Å². The van der Waals surface area contributed by atoms with Crippen molar-refractivity contribution in [3.05, 3.63) is 21.3 Å². The van der Waals surface area contributed by atoms with E-state index in [1.54, 1.807) is 11.3 Å². The average Bonchev–Trinajstić information content (AvgIpc) is 2.62. The summed E-state index contributed by atoms with van der Waals surface area (Å²) in [7, 11) is 1.86. The number of amides is 1. The molecule has 1 rings (SSSR count). The summed E-state index contributed by atoms with van der Waals surface area (Å²) in [6, 6.07) is 1.91. The molecule has 0 unspecified atom stereocenters. The first-order valence-electron chi connectivity index (χ1n) is 4.86. The number of aryl methyl sites for hydroxylation is 1. The van der Waals surface area contributed by atoms with Crippen LogP contribution in [0, 0.1) is 0 Å². The lowest BCUT2D eigenvalue weighted by Crippen LogP contribution is -2.30. The predicted molar refractivity (Wildman–Crippen MR) is 64.6 cm³/mol. The van der Waals surface area contributed by atoms with E-state index in [0.29, 0.717) is 13.0 Å². The van der Waals surface area contributed by atoms with Crippen LogP contribution in [0.25, 0.3) is 0 Å². The quantitative estimate of drug-likeness (QED) is 0.750. The van der Waals surface area contributed by atoms with Gasteiger partial charge in [-0.05, 0) is 19.5 Å². The summed E-state index contributed by atoms with van der Waals surface area (Å²) in [6.07, 6.45) is 1.29. The van der Waals surface area contributed by atoms with Crippen molar-refractivity contribution in [2.75, 3.05) is 20.1 Å². The Kier molecular flexibility index (Phi) is 5.68. The molecule has 3 nitrogen and oxygen atoms in total. The van der Waals surface area contributed by atoms with Crippen LogP contribution < -0.4 is 10.6 Å². The Morgan fingerprint density at radius 2 is 2.33 bits per heavy atom. The lowest BCUT2D eigenvalue weighted by atomic mass is 10.2. The van der Waals surface area contributed by atoms with E-state index in [1.165, 1.54) is 0 Å². The highest BCUT2D eigenvalue weighted by Crippen LogP contribution is 2.20. The molecule has 0 saturated heterocycles. The lowest BCUT2D eigenvalue weighted by molar-refractivity contribution is -0.121. The van der Waals surface area contributed by atoms with Crippen LogP contribution in [0.15, 0.2) is 11.4 Å². The Bertz CT molecular complexity index is 314. The van der Waals surface area contributed by atoms with Gasteiger partial charge in [-0.25, -0.2) is 0 Å². The van der Waals surface area contributed by atoms with Crippen molar-refractivity contribution in [2.45, 2.75) is 12.8 Å². The van der Waals surface area contributed by atoms with Gasteiger partial charge in [-0.15, -0.1) is 11.3 Å². The fourth-order valence-electron chi connectivity index (χ4n) is 1.14. The van der Waals surface area contributed by atoms with Crippen LogP contribution in [0.5, 0.6) is 0 Å². The van der Waals surface area contributed by atoms with Crippen molar-refractivity contribution < 1.29 is 4.79 Å². The molecule has 0 aliphatic heterocycles. The summed E-state index contributed by atoms with van der Waals surface area (Å²) >= 11 is 7.38. The second-order valence-corrected chi connectivity index (χ2v) is 4.62. The van der Waals surface area contributed by atoms with E-state index in [4.69, 9.17) is 11.6 Å². The third-order valence-corrected chi connectivity index (χ3v) is 3.26. The van der Waals surface area contributed by atoms with Crippen molar-refractivity contribution in [1.82, 2.24) is 10.6 Å². The monoisotopic (exact) mass is 246 g/mol. The molecule has 0 atom stereocenters. The lowest BCUT2D eigenvalue weighted by Gasteiger charge is -2.03. The fourth-order valence-corrected chi connectivity index (χ4v) is 2.21. The summed E-state index contributed by atoms with van der Waals surface area (Å²) < 4.78 is 0. The van der Waals surface area contributed by atoms with Crippen LogP contribution in [-0.2, 0) is 11.2 Å². The normalized spacial score (nSPS) is 10.3. The van der Waals surface area contributed by atoms with Crippen molar-refractivity contribution >= 4 is 28.8 Å². The van der Waals surface area contributed by atoms with Crippen molar-refractivity contribution in [1.29, 1.82) is 0 Å². The second kappa shape index (κ2) is 6.82. The van der Waals surface area contributed by atoms with Gasteiger partial charge in [0.05, 0.1) is 5.02 Å². The molecular formula is C10H15ClN2OS. The van der Waals surface area contributed by atoms with E-state index in [9.17, 15) is 4.79 Å². The summed E-state index contributed by atoms with van der Waals surface area (Å²) in [5, 5.41) is 8.44. The number of likely N-dealkylation sites (N-methyl/N-ethyl adjacent to an activating group) is 1. The van der Waals surface area contributed by atoms with E-state index in [-0.39, 0.29) is 5.91 Å². The number of hydrogen-bond donors (Lipinski definition) is 2. The van der Waals surface area contributed by atoms with Crippen LogP contribution >= 0.6 is 22.9 Å². The van der Waals surface area contributed by atoms with E-state index in [1.807, 2.05) is 18.5 Å². The molecule has 15 heavy (non-hydrogen) atoms. The smallest absolute Gasteiger partial charge is 0.220 e. The van der Waals surface area contributed by atoms with Gasteiger partial charge in [0.15, 0.2) is 0 Å². The van der Waals surface area contributed by atoms with Gasteiger partial charge in [0, 0.05) is 29.8 Å². The Balaban J connectivity index is 2.16. The Labute approximate surface area is 98.8 Å². The Hall–Kier alpha value is -0.580. The molecule has 0 fully saturated rings. The average molecular weight is 247 g/mol. The zero-order chi connectivity index (χ0) is 11.1. The molecule has 0 aliphatic rings. The maximum absolute atomic E-state index is 11.3. The Morgan fingerprint density at radius 3 is 2.93 bits per heavy atom. The first-order chi connectivity index (χ1) is 7.22. The molecule has 2 N–H and O–H groups in total. The Morgan fingerprint density at radius 1 is 1.53 bits per heavy atom. The van der Waals surface area contributed by atoms with E-state index in [0.717, 1.165) is 22.9 Å². The molecule has 0 spiro atoms. The maximum atomic E-state index is 11.3. The molecule has 0 saturated carbocycles. The minimum Gasteiger partial charge on any atom is -0.355 e. The van der Waals surface area contributed by atoms with E-state index < -0.39 is 0 Å².